The molecule has 0 bridgehead atoms. The molecule has 1 fully saturated rings. The quantitative estimate of drug-likeness (QED) is 0.777. The van der Waals surface area contributed by atoms with Gasteiger partial charge in [0.2, 0.25) is 5.91 Å². The van der Waals surface area contributed by atoms with E-state index in [9.17, 15) is 9.59 Å². The van der Waals surface area contributed by atoms with Crippen LogP contribution in [0.5, 0.6) is 11.5 Å². The lowest BCUT2D eigenvalue weighted by molar-refractivity contribution is -0.120. The van der Waals surface area contributed by atoms with Gasteiger partial charge in [0, 0.05) is 35.6 Å². The van der Waals surface area contributed by atoms with Crippen molar-refractivity contribution in [1.82, 2.24) is 4.90 Å². The predicted molar refractivity (Wildman–Crippen MR) is 118 cm³/mol. The Balaban J connectivity index is 1.42. The molecule has 2 aliphatic rings. The van der Waals surface area contributed by atoms with Crippen molar-refractivity contribution >= 4 is 28.8 Å². The molecule has 1 unspecified atom stereocenters. The average molecular weight is 429 g/mol. The number of anilines is 1. The van der Waals surface area contributed by atoms with Crippen molar-refractivity contribution in [2.45, 2.75) is 38.5 Å². The second-order valence-electron chi connectivity index (χ2n) is 7.91. The summed E-state index contributed by atoms with van der Waals surface area (Å²) in [5.74, 6) is 1.27. The number of nitrogens with one attached hydrogen (secondary N) is 1. The van der Waals surface area contributed by atoms with Crippen LogP contribution >= 0.6 is 11.3 Å². The number of carbonyl (C=O) groups excluding carboxylic acids is 2. The largest absolute Gasteiger partial charge is 0.493 e. The van der Waals surface area contributed by atoms with E-state index in [2.05, 4.69) is 5.32 Å². The van der Waals surface area contributed by atoms with Crippen LogP contribution in [-0.2, 0) is 17.6 Å². The number of carbonyl (C=O) groups is 2. The highest BCUT2D eigenvalue weighted by molar-refractivity contribution is 7.14. The van der Waals surface area contributed by atoms with E-state index in [0.29, 0.717) is 23.6 Å². The zero-order chi connectivity index (χ0) is 21.1. The van der Waals surface area contributed by atoms with Crippen LogP contribution in [0.25, 0.3) is 0 Å². The summed E-state index contributed by atoms with van der Waals surface area (Å²) in [6.07, 6.45) is 5.71. The molecule has 6 nitrogen and oxygen atoms in total. The number of fused-ring (bicyclic) bond motifs is 1. The zero-order valence-corrected chi connectivity index (χ0v) is 18.3. The summed E-state index contributed by atoms with van der Waals surface area (Å²) in [6, 6.07) is 7.38. The monoisotopic (exact) mass is 428 g/mol. The number of rotatable bonds is 5. The van der Waals surface area contributed by atoms with Crippen LogP contribution in [0.4, 0.5) is 5.69 Å². The minimum absolute atomic E-state index is 0.00276. The molecule has 1 saturated heterocycles. The Morgan fingerprint density at radius 2 is 1.83 bits per heavy atom. The lowest BCUT2D eigenvalue weighted by atomic mass is 9.87. The fourth-order valence-corrected chi connectivity index (χ4v) is 5.44. The van der Waals surface area contributed by atoms with Crippen molar-refractivity contribution in [3.05, 3.63) is 39.6 Å². The minimum atomic E-state index is -0.0989. The van der Waals surface area contributed by atoms with Gasteiger partial charge in [-0.2, -0.15) is 0 Å². The third-order valence-electron chi connectivity index (χ3n) is 5.96. The lowest BCUT2D eigenvalue weighted by Gasteiger charge is -2.26. The van der Waals surface area contributed by atoms with Gasteiger partial charge in [0.05, 0.1) is 19.1 Å². The molecule has 30 heavy (non-hydrogen) atoms. The van der Waals surface area contributed by atoms with Gasteiger partial charge in [-0.1, -0.05) is 0 Å². The van der Waals surface area contributed by atoms with Gasteiger partial charge in [0.15, 0.2) is 11.5 Å². The van der Waals surface area contributed by atoms with Crippen molar-refractivity contribution in [1.29, 1.82) is 0 Å². The molecule has 1 aliphatic heterocycles. The molecule has 0 saturated carbocycles. The lowest BCUT2D eigenvalue weighted by Crippen LogP contribution is -2.35. The summed E-state index contributed by atoms with van der Waals surface area (Å²) in [6.45, 7) is 1.72. The Morgan fingerprint density at radius 3 is 2.57 bits per heavy atom. The van der Waals surface area contributed by atoms with Crippen LogP contribution < -0.4 is 14.8 Å². The smallest absolute Gasteiger partial charge is 0.263 e. The van der Waals surface area contributed by atoms with Crippen molar-refractivity contribution in [2.75, 3.05) is 32.6 Å². The van der Waals surface area contributed by atoms with Crippen molar-refractivity contribution in [2.24, 2.45) is 5.92 Å². The highest BCUT2D eigenvalue weighted by Crippen LogP contribution is 2.35. The van der Waals surface area contributed by atoms with E-state index < -0.39 is 0 Å². The van der Waals surface area contributed by atoms with Gasteiger partial charge in [0.1, 0.15) is 0 Å². The second-order valence-corrected chi connectivity index (χ2v) is 9.05. The molecule has 1 aromatic heterocycles. The number of hydrogen-bond acceptors (Lipinski definition) is 5. The summed E-state index contributed by atoms with van der Waals surface area (Å²) < 4.78 is 10.6. The Kier molecular flexibility index (Phi) is 6.27. The van der Waals surface area contributed by atoms with E-state index in [1.807, 2.05) is 17.0 Å². The van der Waals surface area contributed by atoms with Gasteiger partial charge in [-0.3, -0.25) is 9.59 Å². The van der Waals surface area contributed by atoms with Crippen molar-refractivity contribution in [3.63, 3.8) is 0 Å². The van der Waals surface area contributed by atoms with Gasteiger partial charge < -0.3 is 19.7 Å². The Hall–Kier alpha value is -2.54. The van der Waals surface area contributed by atoms with Gasteiger partial charge in [-0.25, -0.2) is 0 Å². The van der Waals surface area contributed by atoms with Crippen LogP contribution in [0.1, 0.15) is 45.8 Å². The summed E-state index contributed by atoms with van der Waals surface area (Å²) in [5, 5.41) is 3.00. The summed E-state index contributed by atoms with van der Waals surface area (Å²) in [5.41, 5.74) is 1.84. The first-order valence-corrected chi connectivity index (χ1v) is 11.3. The molecule has 1 N–H and O–H groups in total. The van der Waals surface area contributed by atoms with Crippen molar-refractivity contribution in [3.8, 4) is 11.5 Å². The number of piperidine rings is 1. The standard InChI is InChI=1S/C23H28N2O4S/c1-28-18-8-7-17(14-19(18)29-2)24-22(26)15-6-9-20-16(12-15)13-21(30-20)23(27)25-10-4-3-5-11-25/h7-8,13-15H,3-6,9-12H2,1-2H3,(H,24,26). The third kappa shape index (κ3) is 4.31. The highest BCUT2D eigenvalue weighted by Gasteiger charge is 2.29. The maximum Gasteiger partial charge on any atom is 0.263 e. The van der Waals surface area contributed by atoms with Crippen LogP contribution in [0.15, 0.2) is 24.3 Å². The molecule has 160 valence electrons. The number of benzene rings is 1. The first-order valence-electron chi connectivity index (χ1n) is 10.5. The van der Waals surface area contributed by atoms with Crippen LogP contribution in [0.2, 0.25) is 0 Å². The number of amides is 2. The topological polar surface area (TPSA) is 67.9 Å². The summed E-state index contributed by atoms with van der Waals surface area (Å²) >= 11 is 1.61. The normalized spacial score (nSPS) is 18.5. The van der Waals surface area contributed by atoms with E-state index in [1.54, 1.807) is 37.7 Å². The predicted octanol–water partition coefficient (Wildman–Crippen LogP) is 4.14. The molecular formula is C23H28N2O4S. The Bertz CT molecular complexity index is 933. The van der Waals surface area contributed by atoms with Crippen LogP contribution in [-0.4, -0.2) is 44.0 Å². The zero-order valence-electron chi connectivity index (χ0n) is 17.5. The van der Waals surface area contributed by atoms with Crippen LogP contribution in [0, 0.1) is 5.92 Å². The molecule has 1 aromatic carbocycles. The van der Waals surface area contributed by atoms with Gasteiger partial charge in [-0.05, 0) is 62.3 Å². The number of thiophene rings is 1. The van der Waals surface area contributed by atoms with E-state index >= 15 is 0 Å². The highest BCUT2D eigenvalue weighted by atomic mass is 32.1. The van der Waals surface area contributed by atoms with Gasteiger partial charge >= 0.3 is 0 Å². The molecule has 2 aromatic rings. The first kappa shape index (κ1) is 20.7. The fourth-order valence-electron chi connectivity index (χ4n) is 4.26. The molecule has 1 atom stereocenters. The SMILES string of the molecule is COc1ccc(NC(=O)C2CCc3sc(C(=O)N4CCCCC4)cc3C2)cc1OC. The Morgan fingerprint density at radius 1 is 1.07 bits per heavy atom. The maximum atomic E-state index is 12.9. The second kappa shape index (κ2) is 9.08. The number of methoxy groups -OCH3 is 2. The number of ether oxygens (including phenoxy) is 2. The summed E-state index contributed by atoms with van der Waals surface area (Å²) in [4.78, 5) is 29.7. The van der Waals surface area contributed by atoms with E-state index in [-0.39, 0.29) is 17.7 Å². The van der Waals surface area contributed by atoms with E-state index in [0.717, 1.165) is 49.2 Å². The molecule has 2 amide bonds. The third-order valence-corrected chi connectivity index (χ3v) is 7.18. The van der Waals surface area contributed by atoms with Crippen molar-refractivity contribution < 1.29 is 19.1 Å². The number of likely N-dealkylation sites (tertiary alicyclic amines) is 1. The maximum absolute atomic E-state index is 12.9. The van der Waals surface area contributed by atoms with Gasteiger partial charge in [0.25, 0.3) is 5.91 Å². The molecule has 2 heterocycles. The average Bonchev–Trinajstić information content (AvgIpc) is 3.22. The van der Waals surface area contributed by atoms with E-state index in [1.165, 1.54) is 11.3 Å². The number of hydrogen-bond donors (Lipinski definition) is 1. The number of aryl methyl sites for hydroxylation is 1. The molecule has 7 heteroatoms. The molecule has 0 spiro atoms. The molecular weight excluding hydrogens is 400 g/mol. The molecule has 0 radical (unpaired) electrons. The Labute approximate surface area is 181 Å². The molecule has 4 rings (SSSR count). The fraction of sp³-hybridized carbons (Fsp3) is 0.478. The minimum Gasteiger partial charge on any atom is -0.493 e. The number of nitrogens with zero attached hydrogens (tertiary/aromatic N) is 1. The first-order chi connectivity index (χ1) is 14.6. The van der Waals surface area contributed by atoms with Gasteiger partial charge in [-0.15, -0.1) is 11.3 Å². The molecule has 1 aliphatic carbocycles. The van der Waals surface area contributed by atoms with Crippen LogP contribution in [0.3, 0.4) is 0 Å². The summed E-state index contributed by atoms with van der Waals surface area (Å²) in [7, 11) is 3.16. The van der Waals surface area contributed by atoms with E-state index in [4.69, 9.17) is 9.47 Å².